The van der Waals surface area contributed by atoms with Gasteiger partial charge in [-0.05, 0) is 24.1 Å². The summed E-state index contributed by atoms with van der Waals surface area (Å²) in [5.74, 6) is -0.574. The Morgan fingerprint density at radius 2 is 2.15 bits per heavy atom. The van der Waals surface area contributed by atoms with Crippen LogP contribution >= 0.6 is 0 Å². The SMILES string of the molecule is C#C[C@H]1CN(C(=O)O)CC[C@]1(O)c1ccc(F)c(F)c1. The highest BCUT2D eigenvalue weighted by atomic mass is 19.2. The van der Waals surface area contributed by atoms with E-state index in [-0.39, 0.29) is 25.1 Å². The van der Waals surface area contributed by atoms with Gasteiger partial charge in [-0.2, -0.15) is 0 Å². The molecule has 0 aliphatic carbocycles. The Bertz CT molecular complexity index is 584. The largest absolute Gasteiger partial charge is 0.465 e. The maximum Gasteiger partial charge on any atom is 0.407 e. The van der Waals surface area contributed by atoms with Gasteiger partial charge in [-0.15, -0.1) is 6.42 Å². The lowest BCUT2D eigenvalue weighted by atomic mass is 9.76. The third-order valence-corrected chi connectivity index (χ3v) is 3.63. The van der Waals surface area contributed by atoms with Gasteiger partial charge in [0.1, 0.15) is 5.60 Å². The number of carboxylic acid groups (broad SMARTS) is 1. The second-order valence-electron chi connectivity index (χ2n) is 4.75. The number of halogens is 2. The number of nitrogens with zero attached hydrogens (tertiary/aromatic N) is 1. The number of piperidine rings is 1. The second-order valence-corrected chi connectivity index (χ2v) is 4.75. The number of amides is 1. The summed E-state index contributed by atoms with van der Waals surface area (Å²) in [4.78, 5) is 12.0. The first kappa shape index (κ1) is 14.3. The third kappa shape index (κ3) is 2.32. The summed E-state index contributed by atoms with van der Waals surface area (Å²) in [7, 11) is 0. The quantitative estimate of drug-likeness (QED) is 0.771. The molecule has 2 N–H and O–H groups in total. The van der Waals surface area contributed by atoms with Crippen molar-refractivity contribution < 1.29 is 23.8 Å². The monoisotopic (exact) mass is 281 g/mol. The van der Waals surface area contributed by atoms with E-state index in [4.69, 9.17) is 11.5 Å². The van der Waals surface area contributed by atoms with Crippen LogP contribution in [0.2, 0.25) is 0 Å². The van der Waals surface area contributed by atoms with E-state index in [0.717, 1.165) is 17.0 Å². The predicted octanol–water partition coefficient (Wildman–Crippen LogP) is 1.79. The minimum Gasteiger partial charge on any atom is -0.465 e. The lowest BCUT2D eigenvalue weighted by Gasteiger charge is -2.41. The van der Waals surface area contributed by atoms with Gasteiger partial charge >= 0.3 is 6.09 Å². The average molecular weight is 281 g/mol. The lowest BCUT2D eigenvalue weighted by molar-refractivity contribution is -0.0512. The van der Waals surface area contributed by atoms with Gasteiger partial charge in [-0.3, -0.25) is 0 Å². The molecule has 0 unspecified atom stereocenters. The van der Waals surface area contributed by atoms with Crippen molar-refractivity contribution in [3.63, 3.8) is 0 Å². The van der Waals surface area contributed by atoms with Crippen LogP contribution < -0.4 is 0 Å². The van der Waals surface area contributed by atoms with E-state index in [2.05, 4.69) is 5.92 Å². The Morgan fingerprint density at radius 3 is 2.70 bits per heavy atom. The molecule has 1 amide bonds. The van der Waals surface area contributed by atoms with Crippen LogP contribution in [-0.2, 0) is 5.60 Å². The molecule has 2 rings (SSSR count). The highest BCUT2D eigenvalue weighted by Crippen LogP contribution is 2.37. The van der Waals surface area contributed by atoms with Gasteiger partial charge < -0.3 is 15.1 Å². The van der Waals surface area contributed by atoms with E-state index in [0.29, 0.717) is 0 Å². The van der Waals surface area contributed by atoms with Crippen LogP contribution in [0.15, 0.2) is 18.2 Å². The number of carbonyl (C=O) groups is 1. The topological polar surface area (TPSA) is 60.8 Å². The molecule has 4 nitrogen and oxygen atoms in total. The maximum atomic E-state index is 13.3. The second kappa shape index (κ2) is 5.10. The Hall–Kier alpha value is -2.13. The van der Waals surface area contributed by atoms with Gasteiger partial charge in [0, 0.05) is 13.1 Å². The van der Waals surface area contributed by atoms with Crippen LogP contribution in [0, 0.1) is 29.9 Å². The van der Waals surface area contributed by atoms with E-state index in [1.807, 2.05) is 0 Å². The van der Waals surface area contributed by atoms with Crippen molar-refractivity contribution in [1.82, 2.24) is 4.90 Å². The summed E-state index contributed by atoms with van der Waals surface area (Å²) in [5.41, 5.74) is -1.40. The van der Waals surface area contributed by atoms with E-state index in [1.54, 1.807) is 0 Å². The highest BCUT2D eigenvalue weighted by Gasteiger charge is 2.43. The molecule has 0 bridgehead atoms. The van der Waals surface area contributed by atoms with Gasteiger partial charge in [-0.1, -0.05) is 12.0 Å². The molecule has 0 spiro atoms. The fraction of sp³-hybridized carbons (Fsp3) is 0.357. The average Bonchev–Trinajstić information content (AvgIpc) is 2.42. The first-order valence-electron chi connectivity index (χ1n) is 6.00. The van der Waals surface area contributed by atoms with Crippen molar-refractivity contribution in [3.8, 4) is 12.3 Å². The molecule has 1 heterocycles. The smallest absolute Gasteiger partial charge is 0.407 e. The van der Waals surface area contributed by atoms with Crippen molar-refractivity contribution in [2.24, 2.45) is 5.92 Å². The van der Waals surface area contributed by atoms with Crippen LogP contribution in [0.5, 0.6) is 0 Å². The summed E-state index contributed by atoms with van der Waals surface area (Å²) in [6.07, 6.45) is 4.25. The molecule has 0 radical (unpaired) electrons. The van der Waals surface area contributed by atoms with Crippen molar-refractivity contribution in [3.05, 3.63) is 35.4 Å². The number of terminal acetylenes is 1. The third-order valence-electron chi connectivity index (χ3n) is 3.63. The highest BCUT2D eigenvalue weighted by molar-refractivity contribution is 5.65. The molecule has 2 atom stereocenters. The maximum absolute atomic E-state index is 13.3. The minimum atomic E-state index is -1.56. The van der Waals surface area contributed by atoms with Crippen molar-refractivity contribution in [2.75, 3.05) is 13.1 Å². The lowest BCUT2D eigenvalue weighted by Crippen LogP contribution is -2.51. The number of hydrogen-bond acceptors (Lipinski definition) is 2. The summed E-state index contributed by atoms with van der Waals surface area (Å²) in [6.45, 7) is 0.0182. The van der Waals surface area contributed by atoms with Crippen LogP contribution in [0.4, 0.5) is 13.6 Å². The zero-order valence-electron chi connectivity index (χ0n) is 10.5. The fourth-order valence-corrected chi connectivity index (χ4v) is 2.42. The van der Waals surface area contributed by atoms with E-state index in [9.17, 15) is 18.7 Å². The number of rotatable bonds is 1. The molecule has 6 heteroatoms. The van der Waals surface area contributed by atoms with Gasteiger partial charge in [-0.25, -0.2) is 13.6 Å². The van der Waals surface area contributed by atoms with Crippen LogP contribution in [0.25, 0.3) is 0 Å². The first-order chi connectivity index (χ1) is 9.38. The van der Waals surface area contributed by atoms with Gasteiger partial charge in [0.05, 0.1) is 5.92 Å². The van der Waals surface area contributed by atoms with Crippen molar-refractivity contribution in [1.29, 1.82) is 0 Å². The first-order valence-corrected chi connectivity index (χ1v) is 6.00. The standard InChI is InChI=1S/C14H13F2NO3/c1-2-9-8-17(13(18)19)6-5-14(9,20)10-3-4-11(15)12(16)7-10/h1,3-4,7,9,20H,5-6,8H2,(H,18,19)/t9-,14+/m0/s1. The zero-order valence-corrected chi connectivity index (χ0v) is 10.5. The zero-order chi connectivity index (χ0) is 14.9. The van der Waals surface area contributed by atoms with Gasteiger partial charge in [0.2, 0.25) is 0 Å². The molecule has 0 saturated carbocycles. The normalized spacial score (nSPS) is 26.1. The molecule has 1 aromatic carbocycles. The molecule has 20 heavy (non-hydrogen) atoms. The van der Waals surface area contributed by atoms with E-state index in [1.165, 1.54) is 6.07 Å². The Labute approximate surface area is 114 Å². The molecular formula is C14H13F2NO3. The Balaban J connectivity index is 2.36. The van der Waals surface area contributed by atoms with Crippen molar-refractivity contribution in [2.45, 2.75) is 12.0 Å². The van der Waals surface area contributed by atoms with Crippen LogP contribution in [0.1, 0.15) is 12.0 Å². The predicted molar refractivity (Wildman–Crippen MR) is 66.8 cm³/mol. The molecule has 1 aromatic rings. The molecular weight excluding hydrogens is 268 g/mol. The van der Waals surface area contributed by atoms with Crippen molar-refractivity contribution >= 4 is 6.09 Å². The van der Waals surface area contributed by atoms with E-state index >= 15 is 0 Å². The summed E-state index contributed by atoms with van der Waals surface area (Å²) >= 11 is 0. The fourth-order valence-electron chi connectivity index (χ4n) is 2.42. The van der Waals surface area contributed by atoms with Crippen LogP contribution in [-0.4, -0.2) is 34.3 Å². The summed E-state index contributed by atoms with van der Waals surface area (Å²) in [6, 6.07) is 3.08. The molecule has 1 saturated heterocycles. The molecule has 106 valence electrons. The Morgan fingerprint density at radius 1 is 1.45 bits per heavy atom. The number of benzene rings is 1. The van der Waals surface area contributed by atoms with Gasteiger partial charge in [0.25, 0.3) is 0 Å². The van der Waals surface area contributed by atoms with Crippen LogP contribution in [0.3, 0.4) is 0 Å². The Kier molecular flexibility index (Phi) is 3.64. The summed E-state index contributed by atoms with van der Waals surface area (Å²) in [5, 5.41) is 19.6. The van der Waals surface area contributed by atoms with Gasteiger partial charge in [0.15, 0.2) is 11.6 Å². The summed E-state index contributed by atoms with van der Waals surface area (Å²) < 4.78 is 26.3. The molecule has 1 fully saturated rings. The number of likely N-dealkylation sites (tertiary alicyclic amines) is 1. The number of hydrogen-bond donors (Lipinski definition) is 2. The molecule has 0 aromatic heterocycles. The minimum absolute atomic E-state index is 0.0270. The molecule has 1 aliphatic heterocycles. The van der Waals surface area contributed by atoms with E-state index < -0.39 is 29.2 Å². The molecule has 1 aliphatic rings. The number of aliphatic hydroxyl groups is 1.